The van der Waals surface area contributed by atoms with Crippen LogP contribution in [0.3, 0.4) is 0 Å². The van der Waals surface area contributed by atoms with Crippen molar-refractivity contribution in [1.82, 2.24) is 34.7 Å². The molecular formula is C15H17F3N8O. The van der Waals surface area contributed by atoms with Crippen LogP contribution in [0.5, 0.6) is 0 Å². The summed E-state index contributed by atoms with van der Waals surface area (Å²) >= 11 is 0. The normalized spacial score (nSPS) is 17.7. The zero-order valence-corrected chi connectivity index (χ0v) is 14.2. The van der Waals surface area contributed by atoms with Gasteiger partial charge in [0.2, 0.25) is 5.82 Å². The van der Waals surface area contributed by atoms with E-state index in [9.17, 15) is 13.2 Å². The van der Waals surface area contributed by atoms with Gasteiger partial charge in [0.05, 0.1) is 19.2 Å². The predicted octanol–water partition coefficient (Wildman–Crippen LogP) is 1.73. The van der Waals surface area contributed by atoms with Crippen LogP contribution in [-0.4, -0.2) is 54.0 Å². The summed E-state index contributed by atoms with van der Waals surface area (Å²) in [4.78, 5) is 7.27. The summed E-state index contributed by atoms with van der Waals surface area (Å²) in [7, 11) is 0. The van der Waals surface area contributed by atoms with Crippen LogP contribution >= 0.6 is 0 Å². The highest BCUT2D eigenvalue weighted by molar-refractivity contribution is 5.82. The molecule has 3 aromatic heterocycles. The monoisotopic (exact) mass is 382 g/mol. The molecule has 4 heterocycles. The Morgan fingerprint density at radius 2 is 2.19 bits per heavy atom. The molecule has 144 valence electrons. The van der Waals surface area contributed by atoms with E-state index in [1.807, 2.05) is 0 Å². The first-order chi connectivity index (χ1) is 13.0. The van der Waals surface area contributed by atoms with E-state index in [2.05, 4.69) is 30.7 Å². The maximum Gasteiger partial charge on any atom is 0.451 e. The number of aromatic nitrogens is 7. The maximum absolute atomic E-state index is 13.2. The predicted molar refractivity (Wildman–Crippen MR) is 87.8 cm³/mol. The fourth-order valence-electron chi connectivity index (χ4n) is 2.93. The number of fused-ring (bicyclic) bond motifs is 1. The molecule has 12 heteroatoms. The lowest BCUT2D eigenvalue weighted by atomic mass is 10.2. The standard InChI is InChI=1S/C15H17F3N8O/c16-15(17,18)14-21-12(19-5-7-25-6-2-4-20-25)11-13(22-14)26(24-23-11)9-10-3-1-8-27-10/h2,4,6,10H,1,3,5,7-9H2,(H,19,21,22)/t10-/m1/s1. The first-order valence-corrected chi connectivity index (χ1v) is 8.52. The Hall–Kier alpha value is -2.76. The molecule has 9 nitrogen and oxygen atoms in total. The topological polar surface area (TPSA) is 95.6 Å². The summed E-state index contributed by atoms with van der Waals surface area (Å²) in [5.41, 5.74) is 0.232. The molecule has 27 heavy (non-hydrogen) atoms. The Balaban J connectivity index is 1.62. The average Bonchev–Trinajstić information content (AvgIpc) is 3.37. The highest BCUT2D eigenvalue weighted by atomic mass is 19.4. The van der Waals surface area contributed by atoms with Gasteiger partial charge in [-0.25, -0.2) is 14.6 Å². The molecule has 0 aliphatic carbocycles. The maximum atomic E-state index is 13.2. The van der Waals surface area contributed by atoms with Gasteiger partial charge in [-0.1, -0.05) is 5.21 Å². The molecule has 1 saturated heterocycles. The molecule has 0 bridgehead atoms. The number of hydrogen-bond acceptors (Lipinski definition) is 7. The van der Waals surface area contributed by atoms with E-state index in [1.165, 1.54) is 4.68 Å². The molecule has 0 spiro atoms. The van der Waals surface area contributed by atoms with Crippen molar-refractivity contribution in [2.24, 2.45) is 0 Å². The number of nitrogens with one attached hydrogen (secondary N) is 1. The van der Waals surface area contributed by atoms with Crippen LogP contribution < -0.4 is 5.32 Å². The lowest BCUT2D eigenvalue weighted by Crippen LogP contribution is -2.19. The molecule has 1 atom stereocenters. The van der Waals surface area contributed by atoms with E-state index in [0.717, 1.165) is 12.8 Å². The number of nitrogens with zero attached hydrogens (tertiary/aromatic N) is 7. The number of ether oxygens (including phenoxy) is 1. The first-order valence-electron chi connectivity index (χ1n) is 8.52. The molecule has 1 aliphatic heterocycles. The fraction of sp³-hybridized carbons (Fsp3) is 0.533. The van der Waals surface area contributed by atoms with Gasteiger partial charge in [-0.3, -0.25) is 4.68 Å². The van der Waals surface area contributed by atoms with Crippen molar-refractivity contribution in [1.29, 1.82) is 0 Å². The molecule has 0 saturated carbocycles. The molecule has 4 rings (SSSR count). The third-order valence-corrected chi connectivity index (χ3v) is 4.21. The van der Waals surface area contributed by atoms with E-state index in [-0.39, 0.29) is 23.1 Å². The van der Waals surface area contributed by atoms with Crippen LogP contribution in [-0.2, 0) is 24.0 Å². The second-order valence-corrected chi connectivity index (χ2v) is 6.17. The molecule has 0 aromatic carbocycles. The van der Waals surface area contributed by atoms with Crippen molar-refractivity contribution in [2.45, 2.75) is 38.2 Å². The number of alkyl halides is 3. The summed E-state index contributed by atoms with van der Waals surface area (Å²) in [6, 6.07) is 1.77. The van der Waals surface area contributed by atoms with Crippen molar-refractivity contribution in [3.8, 4) is 0 Å². The minimum Gasteiger partial charge on any atom is -0.376 e. The quantitative estimate of drug-likeness (QED) is 0.694. The van der Waals surface area contributed by atoms with Crippen molar-refractivity contribution in [3.63, 3.8) is 0 Å². The van der Waals surface area contributed by atoms with E-state index in [0.29, 0.717) is 26.2 Å². The first kappa shape index (κ1) is 17.6. The zero-order chi connectivity index (χ0) is 18.9. The lowest BCUT2D eigenvalue weighted by Gasteiger charge is -2.12. The van der Waals surface area contributed by atoms with Gasteiger partial charge in [0.25, 0.3) is 0 Å². The van der Waals surface area contributed by atoms with Crippen LogP contribution in [0.25, 0.3) is 11.2 Å². The van der Waals surface area contributed by atoms with Gasteiger partial charge in [0, 0.05) is 25.5 Å². The molecule has 0 amide bonds. The highest BCUT2D eigenvalue weighted by Crippen LogP contribution is 2.29. The minimum atomic E-state index is -4.68. The highest BCUT2D eigenvalue weighted by Gasteiger charge is 2.36. The molecule has 0 unspecified atom stereocenters. The Kier molecular flexibility index (Phi) is 4.64. The third-order valence-electron chi connectivity index (χ3n) is 4.21. The van der Waals surface area contributed by atoms with Crippen molar-refractivity contribution >= 4 is 17.0 Å². The summed E-state index contributed by atoms with van der Waals surface area (Å²) in [5.74, 6) is -1.23. The number of anilines is 1. The molecule has 1 N–H and O–H groups in total. The van der Waals surface area contributed by atoms with Crippen molar-refractivity contribution in [3.05, 3.63) is 24.3 Å². The van der Waals surface area contributed by atoms with Gasteiger partial charge < -0.3 is 10.1 Å². The largest absolute Gasteiger partial charge is 0.451 e. The van der Waals surface area contributed by atoms with Crippen molar-refractivity contribution in [2.75, 3.05) is 18.5 Å². The van der Waals surface area contributed by atoms with Crippen LogP contribution in [0.15, 0.2) is 18.5 Å². The SMILES string of the molecule is FC(F)(F)c1nc(NCCn2cccn2)c2nnn(C[C@H]3CCCO3)c2n1. The van der Waals surface area contributed by atoms with Crippen LogP contribution in [0.2, 0.25) is 0 Å². The number of halogens is 3. The van der Waals surface area contributed by atoms with E-state index in [1.54, 1.807) is 23.1 Å². The third kappa shape index (κ3) is 3.84. The summed E-state index contributed by atoms with van der Waals surface area (Å²) < 4.78 is 48.3. The van der Waals surface area contributed by atoms with Crippen LogP contribution in [0, 0.1) is 0 Å². The number of hydrogen-bond donors (Lipinski definition) is 1. The molecular weight excluding hydrogens is 365 g/mol. The second-order valence-electron chi connectivity index (χ2n) is 6.17. The Bertz CT molecular complexity index is 902. The van der Waals surface area contributed by atoms with Crippen LogP contribution in [0.4, 0.5) is 19.0 Å². The molecule has 1 fully saturated rings. The van der Waals surface area contributed by atoms with Gasteiger partial charge in [-0.15, -0.1) is 5.10 Å². The Morgan fingerprint density at radius 3 is 2.89 bits per heavy atom. The van der Waals surface area contributed by atoms with Gasteiger partial charge in [0.1, 0.15) is 0 Å². The Labute approximate surface area is 151 Å². The van der Waals surface area contributed by atoms with Gasteiger partial charge in [0.15, 0.2) is 17.0 Å². The minimum absolute atomic E-state index is 0.00179. The molecule has 1 aliphatic rings. The summed E-state index contributed by atoms with van der Waals surface area (Å²) in [6.07, 6.45) is 0.354. The van der Waals surface area contributed by atoms with E-state index in [4.69, 9.17) is 4.74 Å². The zero-order valence-electron chi connectivity index (χ0n) is 14.2. The van der Waals surface area contributed by atoms with Crippen molar-refractivity contribution < 1.29 is 17.9 Å². The van der Waals surface area contributed by atoms with E-state index < -0.39 is 12.0 Å². The second kappa shape index (κ2) is 7.10. The van der Waals surface area contributed by atoms with Crippen LogP contribution in [0.1, 0.15) is 18.7 Å². The number of rotatable bonds is 6. The van der Waals surface area contributed by atoms with Gasteiger partial charge in [-0.05, 0) is 18.9 Å². The fourth-order valence-corrected chi connectivity index (χ4v) is 2.93. The summed E-state index contributed by atoms with van der Waals surface area (Å²) in [5, 5.41) is 14.9. The smallest absolute Gasteiger partial charge is 0.376 e. The molecule has 0 radical (unpaired) electrons. The lowest BCUT2D eigenvalue weighted by molar-refractivity contribution is -0.144. The summed E-state index contributed by atoms with van der Waals surface area (Å²) in [6.45, 7) is 1.73. The Morgan fingerprint density at radius 1 is 1.30 bits per heavy atom. The van der Waals surface area contributed by atoms with Gasteiger partial charge >= 0.3 is 6.18 Å². The van der Waals surface area contributed by atoms with Gasteiger partial charge in [-0.2, -0.15) is 18.3 Å². The average molecular weight is 382 g/mol. The molecule has 3 aromatic rings. The van der Waals surface area contributed by atoms with E-state index >= 15 is 0 Å².